The fraction of sp³-hybridized carbons (Fsp3) is 0.700. The van der Waals surface area contributed by atoms with E-state index in [1.165, 1.54) is 19.3 Å². The van der Waals surface area contributed by atoms with Crippen molar-refractivity contribution in [2.45, 2.75) is 57.6 Å². The zero-order chi connectivity index (χ0) is 18.0. The molecule has 1 aromatic heterocycles. The summed E-state index contributed by atoms with van der Waals surface area (Å²) >= 11 is 0. The van der Waals surface area contributed by atoms with Gasteiger partial charge in [0.15, 0.2) is 0 Å². The standard InChI is InChI=1S/C20H31N3O2/c1-4-6-14(2)23-12-16-7-5-8-17(13-23)20(16,25-3)15-9-10-22-18(11-15)19(21)24/h9-11,14,16-17H,4-8,12-13H2,1-3H3,(H2,21,24). The lowest BCUT2D eigenvalue weighted by molar-refractivity contribution is -0.173. The lowest BCUT2D eigenvalue weighted by Crippen LogP contribution is -2.60. The Bertz CT molecular complexity index is 605. The summed E-state index contributed by atoms with van der Waals surface area (Å²) in [7, 11) is 1.82. The summed E-state index contributed by atoms with van der Waals surface area (Å²) in [6, 6.07) is 4.47. The Balaban J connectivity index is 1.96. The lowest BCUT2D eigenvalue weighted by atomic mass is 9.62. The van der Waals surface area contributed by atoms with Crippen LogP contribution in [0.25, 0.3) is 0 Å². The summed E-state index contributed by atoms with van der Waals surface area (Å²) in [6.45, 7) is 6.71. The number of pyridine rings is 1. The van der Waals surface area contributed by atoms with E-state index in [1.54, 1.807) is 6.20 Å². The van der Waals surface area contributed by atoms with Crippen molar-refractivity contribution in [1.29, 1.82) is 0 Å². The Labute approximate surface area is 150 Å². The van der Waals surface area contributed by atoms with Crippen LogP contribution in [0.3, 0.4) is 0 Å². The van der Waals surface area contributed by atoms with E-state index < -0.39 is 5.91 Å². The van der Waals surface area contributed by atoms with Gasteiger partial charge < -0.3 is 10.5 Å². The summed E-state index contributed by atoms with van der Waals surface area (Å²) in [5, 5.41) is 0. The molecule has 0 spiro atoms. The van der Waals surface area contributed by atoms with Crippen LogP contribution in [0.1, 0.15) is 62.0 Å². The fourth-order valence-electron chi connectivity index (χ4n) is 5.16. The molecule has 2 aliphatic rings. The van der Waals surface area contributed by atoms with Gasteiger partial charge in [-0.15, -0.1) is 0 Å². The molecule has 1 aliphatic heterocycles. The molecule has 2 fully saturated rings. The quantitative estimate of drug-likeness (QED) is 0.861. The second-order valence-electron chi connectivity index (χ2n) is 7.71. The van der Waals surface area contributed by atoms with Gasteiger partial charge in [-0.05, 0) is 43.9 Å². The van der Waals surface area contributed by atoms with Crippen molar-refractivity contribution >= 4 is 5.91 Å². The van der Waals surface area contributed by atoms with E-state index >= 15 is 0 Å². The fourth-order valence-corrected chi connectivity index (χ4v) is 5.16. The van der Waals surface area contributed by atoms with Crippen molar-refractivity contribution in [2.24, 2.45) is 17.6 Å². The molecule has 2 bridgehead atoms. The molecule has 2 N–H and O–H groups in total. The van der Waals surface area contributed by atoms with Crippen LogP contribution in [0.15, 0.2) is 18.3 Å². The number of rotatable bonds is 6. The molecule has 1 aromatic rings. The average Bonchev–Trinajstić information content (AvgIpc) is 2.60. The van der Waals surface area contributed by atoms with Crippen LogP contribution in [-0.4, -0.2) is 42.0 Å². The number of fused-ring (bicyclic) bond motifs is 2. The lowest BCUT2D eigenvalue weighted by Gasteiger charge is -2.56. The van der Waals surface area contributed by atoms with Crippen LogP contribution in [0.4, 0.5) is 0 Å². The van der Waals surface area contributed by atoms with Crippen molar-refractivity contribution in [3.8, 4) is 0 Å². The van der Waals surface area contributed by atoms with Gasteiger partial charge in [0.25, 0.3) is 5.91 Å². The van der Waals surface area contributed by atoms with Crippen LogP contribution in [0, 0.1) is 11.8 Å². The molecule has 1 aliphatic carbocycles. The first-order valence-electron chi connectivity index (χ1n) is 9.58. The number of hydrogen-bond donors (Lipinski definition) is 1. The minimum absolute atomic E-state index is 0.326. The van der Waals surface area contributed by atoms with Gasteiger partial charge in [0, 0.05) is 44.3 Å². The molecule has 0 radical (unpaired) electrons. The van der Waals surface area contributed by atoms with Crippen LogP contribution >= 0.6 is 0 Å². The van der Waals surface area contributed by atoms with Crippen LogP contribution in [0.2, 0.25) is 0 Å². The minimum Gasteiger partial charge on any atom is -0.373 e. The molecule has 0 aromatic carbocycles. The second-order valence-corrected chi connectivity index (χ2v) is 7.71. The third-order valence-electron chi connectivity index (χ3n) is 6.36. The number of nitrogens with two attached hydrogens (primary N) is 1. The largest absolute Gasteiger partial charge is 0.373 e. The van der Waals surface area contributed by atoms with E-state index in [0.717, 1.165) is 31.5 Å². The van der Waals surface area contributed by atoms with Gasteiger partial charge in [-0.1, -0.05) is 19.8 Å². The normalized spacial score (nSPS) is 30.8. The smallest absolute Gasteiger partial charge is 0.267 e. The highest BCUT2D eigenvalue weighted by Crippen LogP contribution is 2.51. The van der Waals surface area contributed by atoms with Gasteiger partial charge in [-0.3, -0.25) is 14.7 Å². The maximum absolute atomic E-state index is 11.6. The number of aromatic nitrogens is 1. The number of nitrogens with zero attached hydrogens (tertiary/aromatic N) is 2. The molecule has 3 atom stereocenters. The first kappa shape index (κ1) is 18.3. The number of carbonyl (C=O) groups excluding carboxylic acids is 1. The summed E-state index contributed by atoms with van der Waals surface area (Å²) in [5.41, 5.74) is 6.53. The zero-order valence-electron chi connectivity index (χ0n) is 15.7. The molecular weight excluding hydrogens is 314 g/mol. The van der Waals surface area contributed by atoms with Crippen LogP contribution in [-0.2, 0) is 10.3 Å². The summed E-state index contributed by atoms with van der Waals surface area (Å²) in [4.78, 5) is 18.4. The number of amides is 1. The Hall–Kier alpha value is -1.46. The summed E-state index contributed by atoms with van der Waals surface area (Å²) in [5.74, 6) is 0.395. The average molecular weight is 345 g/mol. The zero-order valence-corrected chi connectivity index (χ0v) is 15.7. The molecule has 5 nitrogen and oxygen atoms in total. The molecule has 2 heterocycles. The number of piperidine rings is 1. The van der Waals surface area contributed by atoms with E-state index in [2.05, 4.69) is 23.7 Å². The van der Waals surface area contributed by atoms with Gasteiger partial charge in [0.1, 0.15) is 11.3 Å². The van der Waals surface area contributed by atoms with Crippen molar-refractivity contribution < 1.29 is 9.53 Å². The molecule has 1 saturated carbocycles. The molecule has 25 heavy (non-hydrogen) atoms. The summed E-state index contributed by atoms with van der Waals surface area (Å²) in [6.07, 6.45) is 7.72. The number of ether oxygens (including phenoxy) is 1. The van der Waals surface area contributed by atoms with Crippen molar-refractivity contribution in [1.82, 2.24) is 9.88 Å². The Morgan fingerprint density at radius 2 is 2.12 bits per heavy atom. The topological polar surface area (TPSA) is 68.4 Å². The predicted molar refractivity (Wildman–Crippen MR) is 98.2 cm³/mol. The SMILES string of the molecule is CCCC(C)N1CC2CCCC(C1)C2(OC)c1ccnc(C(N)=O)c1. The third kappa shape index (κ3) is 3.20. The van der Waals surface area contributed by atoms with Crippen molar-refractivity contribution in [2.75, 3.05) is 20.2 Å². The molecule has 3 rings (SSSR count). The number of carbonyl (C=O) groups is 1. The highest BCUT2D eigenvalue weighted by Gasteiger charge is 2.53. The monoisotopic (exact) mass is 345 g/mol. The van der Waals surface area contributed by atoms with E-state index in [0.29, 0.717) is 23.6 Å². The maximum Gasteiger partial charge on any atom is 0.267 e. The minimum atomic E-state index is -0.479. The second kappa shape index (κ2) is 7.42. The molecule has 3 unspecified atom stereocenters. The van der Waals surface area contributed by atoms with Gasteiger partial charge in [0.2, 0.25) is 0 Å². The molecular formula is C20H31N3O2. The van der Waals surface area contributed by atoms with Crippen LogP contribution < -0.4 is 5.73 Å². The highest BCUT2D eigenvalue weighted by atomic mass is 16.5. The van der Waals surface area contributed by atoms with Crippen LogP contribution in [0.5, 0.6) is 0 Å². The summed E-state index contributed by atoms with van der Waals surface area (Å²) < 4.78 is 6.25. The van der Waals surface area contributed by atoms with E-state index in [4.69, 9.17) is 10.5 Å². The Kier molecular flexibility index (Phi) is 5.44. The van der Waals surface area contributed by atoms with Gasteiger partial charge >= 0.3 is 0 Å². The molecule has 138 valence electrons. The number of methoxy groups -OCH3 is 1. The van der Waals surface area contributed by atoms with Gasteiger partial charge in [0.05, 0.1) is 0 Å². The third-order valence-corrected chi connectivity index (χ3v) is 6.36. The molecule has 1 amide bonds. The van der Waals surface area contributed by atoms with Crippen molar-refractivity contribution in [3.05, 3.63) is 29.6 Å². The van der Waals surface area contributed by atoms with E-state index in [9.17, 15) is 4.79 Å². The van der Waals surface area contributed by atoms with Crippen molar-refractivity contribution in [3.63, 3.8) is 0 Å². The molecule has 5 heteroatoms. The first-order valence-corrected chi connectivity index (χ1v) is 9.58. The number of primary amides is 1. The van der Waals surface area contributed by atoms with E-state index in [-0.39, 0.29) is 5.60 Å². The van der Waals surface area contributed by atoms with Gasteiger partial charge in [-0.25, -0.2) is 0 Å². The first-order chi connectivity index (χ1) is 12.0. The predicted octanol–water partition coefficient (Wildman–Crippen LogP) is 2.94. The molecule has 1 saturated heterocycles. The maximum atomic E-state index is 11.6. The van der Waals surface area contributed by atoms with E-state index in [1.807, 2.05) is 19.2 Å². The Morgan fingerprint density at radius 3 is 2.68 bits per heavy atom. The number of hydrogen-bond acceptors (Lipinski definition) is 4. The highest BCUT2D eigenvalue weighted by molar-refractivity contribution is 5.90. The van der Waals surface area contributed by atoms with Gasteiger partial charge in [-0.2, -0.15) is 0 Å². The Morgan fingerprint density at radius 1 is 1.44 bits per heavy atom. The number of likely N-dealkylation sites (tertiary alicyclic amines) is 1.